The second-order valence-corrected chi connectivity index (χ2v) is 10.8. The number of anilines is 3. The van der Waals surface area contributed by atoms with Crippen molar-refractivity contribution in [2.75, 3.05) is 68.1 Å². The quantitative estimate of drug-likeness (QED) is 0.401. The Kier molecular flexibility index (Phi) is 8.88. The second-order valence-electron chi connectivity index (χ2n) is 10.8. The van der Waals surface area contributed by atoms with Crippen LogP contribution < -0.4 is 20.7 Å². The Balaban J connectivity index is 1.55. The summed E-state index contributed by atoms with van der Waals surface area (Å²) in [5, 5.41) is 2.47. The summed E-state index contributed by atoms with van der Waals surface area (Å²) >= 11 is 0. The van der Waals surface area contributed by atoms with Crippen LogP contribution in [0, 0.1) is 5.82 Å². The molecule has 0 bridgehead atoms. The van der Waals surface area contributed by atoms with E-state index in [1.807, 2.05) is 11.8 Å². The summed E-state index contributed by atoms with van der Waals surface area (Å²) in [6.07, 6.45) is -2.67. The molecule has 44 heavy (non-hydrogen) atoms. The number of carbonyl (C=O) groups excluding carboxylic acids is 1. The third-order valence-corrected chi connectivity index (χ3v) is 7.98. The van der Waals surface area contributed by atoms with Crippen molar-refractivity contribution in [1.29, 1.82) is 0 Å². The Morgan fingerprint density at radius 1 is 1.11 bits per heavy atom. The van der Waals surface area contributed by atoms with E-state index in [0.717, 1.165) is 16.8 Å². The maximum atomic E-state index is 15.7. The van der Waals surface area contributed by atoms with E-state index < -0.39 is 46.8 Å². The molecule has 3 aromatic rings. The van der Waals surface area contributed by atoms with Crippen LogP contribution in [-0.2, 0) is 18.0 Å². The number of likely N-dealkylation sites (N-methyl/N-ethyl adjacent to an activating group) is 1. The third-order valence-electron chi connectivity index (χ3n) is 7.98. The number of benzene rings is 1. The summed E-state index contributed by atoms with van der Waals surface area (Å²) in [5.74, 6) is -1.47. The summed E-state index contributed by atoms with van der Waals surface area (Å²) < 4.78 is 78.5. The van der Waals surface area contributed by atoms with Crippen molar-refractivity contribution in [3.8, 4) is 11.1 Å². The Labute approximate surface area is 250 Å². The Morgan fingerprint density at radius 3 is 2.43 bits per heavy atom. The van der Waals surface area contributed by atoms with Crippen LogP contribution in [0.15, 0.2) is 41.6 Å². The largest absolute Gasteiger partial charge is 0.417 e. The summed E-state index contributed by atoms with van der Waals surface area (Å²) in [7, 11) is 2.98. The lowest BCUT2D eigenvalue weighted by molar-refractivity contribution is -0.138. The first-order valence-corrected chi connectivity index (χ1v) is 14.0. The number of nitrogens with zero attached hydrogens (tertiary/aromatic N) is 6. The first-order valence-electron chi connectivity index (χ1n) is 14.0. The minimum Gasteiger partial charge on any atom is -0.378 e. The molecule has 2 aliphatic rings. The number of pyridine rings is 1. The highest BCUT2D eigenvalue weighted by atomic mass is 19.4. The van der Waals surface area contributed by atoms with E-state index in [1.54, 1.807) is 16.8 Å². The molecule has 0 saturated carbocycles. The van der Waals surface area contributed by atoms with Crippen LogP contribution in [0.3, 0.4) is 0 Å². The molecule has 5 rings (SSSR count). The first kappa shape index (κ1) is 31.3. The molecule has 2 saturated heterocycles. The zero-order chi connectivity index (χ0) is 31.8. The number of rotatable bonds is 7. The lowest BCUT2D eigenvalue weighted by atomic mass is 10.0. The van der Waals surface area contributed by atoms with Crippen LogP contribution in [0.1, 0.15) is 22.8 Å². The molecule has 1 N–H and O–H groups in total. The van der Waals surface area contributed by atoms with Crippen molar-refractivity contribution in [2.24, 2.45) is 7.05 Å². The topological polar surface area (TPSA) is 95.8 Å². The van der Waals surface area contributed by atoms with Gasteiger partial charge in [0, 0.05) is 62.5 Å². The van der Waals surface area contributed by atoms with E-state index in [9.17, 15) is 22.8 Å². The number of nitrogens with one attached hydrogen (secondary N) is 1. The summed E-state index contributed by atoms with van der Waals surface area (Å²) in [5.41, 5.74) is -2.88. The minimum absolute atomic E-state index is 0.0210. The molecule has 236 valence electrons. The number of morpholine rings is 1. The average molecular weight is 622 g/mol. The lowest BCUT2D eigenvalue weighted by Crippen LogP contribution is -2.38. The predicted octanol–water partition coefficient (Wildman–Crippen LogP) is 3.57. The number of halogens is 5. The summed E-state index contributed by atoms with van der Waals surface area (Å²) in [4.78, 5) is 39.3. The smallest absolute Gasteiger partial charge is 0.378 e. The van der Waals surface area contributed by atoms with Gasteiger partial charge in [0.25, 0.3) is 11.5 Å². The van der Waals surface area contributed by atoms with Crippen molar-refractivity contribution < 1.29 is 31.5 Å². The molecule has 0 spiro atoms. The highest BCUT2D eigenvalue weighted by Gasteiger charge is 2.38. The normalized spacial score (nSPS) is 19.1. The molecule has 1 amide bonds. The number of ether oxygens (including phenoxy) is 1. The number of alkyl halides is 4. The third kappa shape index (κ3) is 6.38. The van der Waals surface area contributed by atoms with Gasteiger partial charge in [-0.2, -0.15) is 13.2 Å². The van der Waals surface area contributed by atoms with Crippen molar-refractivity contribution in [3.63, 3.8) is 0 Å². The molecule has 2 aliphatic heterocycles. The molecule has 2 aromatic heterocycles. The van der Waals surface area contributed by atoms with Gasteiger partial charge in [0.1, 0.15) is 12.0 Å². The lowest BCUT2D eigenvalue weighted by Gasteiger charge is -2.27. The molecule has 2 unspecified atom stereocenters. The summed E-state index contributed by atoms with van der Waals surface area (Å²) in [6, 6.07) is 2.22. The van der Waals surface area contributed by atoms with E-state index in [2.05, 4.69) is 15.3 Å². The molecule has 4 heterocycles. The average Bonchev–Trinajstić information content (AvgIpc) is 3.39. The zero-order valence-electron chi connectivity index (χ0n) is 24.4. The van der Waals surface area contributed by atoms with Gasteiger partial charge >= 0.3 is 6.18 Å². The van der Waals surface area contributed by atoms with Gasteiger partial charge in [0.2, 0.25) is 5.95 Å². The van der Waals surface area contributed by atoms with Gasteiger partial charge in [-0.15, -0.1) is 0 Å². The van der Waals surface area contributed by atoms with Gasteiger partial charge in [0.05, 0.1) is 48.3 Å². The molecule has 0 aliphatic carbocycles. The molecule has 15 heteroatoms. The molecular formula is C29H32F5N7O3. The fourth-order valence-electron chi connectivity index (χ4n) is 5.36. The van der Waals surface area contributed by atoms with Gasteiger partial charge in [0.15, 0.2) is 0 Å². The Bertz CT molecular complexity index is 1580. The monoisotopic (exact) mass is 621 g/mol. The molecular weight excluding hydrogens is 589 g/mol. The minimum atomic E-state index is -5.00. The van der Waals surface area contributed by atoms with Crippen LogP contribution in [-0.4, -0.2) is 90.5 Å². The van der Waals surface area contributed by atoms with Crippen LogP contribution >= 0.6 is 0 Å². The fourth-order valence-corrected chi connectivity index (χ4v) is 5.36. The van der Waals surface area contributed by atoms with Crippen molar-refractivity contribution >= 4 is 23.2 Å². The number of amides is 1. The Morgan fingerprint density at radius 2 is 1.80 bits per heavy atom. The second kappa shape index (κ2) is 12.5. The van der Waals surface area contributed by atoms with Crippen LogP contribution in [0.25, 0.3) is 11.1 Å². The molecule has 1 aromatic carbocycles. The van der Waals surface area contributed by atoms with E-state index in [1.165, 1.54) is 25.5 Å². The summed E-state index contributed by atoms with van der Waals surface area (Å²) in [6.45, 7) is 4.66. The van der Waals surface area contributed by atoms with Crippen LogP contribution in [0.5, 0.6) is 0 Å². The van der Waals surface area contributed by atoms with Crippen molar-refractivity contribution in [3.05, 3.63) is 64.1 Å². The fraction of sp³-hybridized carbons (Fsp3) is 0.448. The molecule has 2 fully saturated rings. The van der Waals surface area contributed by atoms with Gasteiger partial charge in [-0.25, -0.2) is 18.7 Å². The SMILES string of the molecule is CCN(C)C1CN(c2cc(F)c(-c3cnc(N4CCOCC4)nc3)cc2NC(=O)c2cn(C)c(=O)cc2C(F)(F)F)CC1F. The standard InChI is InChI=1S/C29H32F5N7O3/c1-4-38(2)25-16-41(15-22(25)31)24-11-21(30)18(17-12-35-28(36-13-17)40-5-7-44-8-6-40)9-23(24)37-27(43)19-14-39(3)26(42)10-20(19)29(32,33)34/h9-14,22,25H,4-8,15-16H2,1-3H3,(H,37,43). The van der Waals surface area contributed by atoms with Crippen LogP contribution in [0.2, 0.25) is 0 Å². The van der Waals surface area contributed by atoms with Gasteiger partial charge in [-0.3, -0.25) is 14.5 Å². The zero-order valence-corrected chi connectivity index (χ0v) is 24.4. The van der Waals surface area contributed by atoms with E-state index >= 15 is 8.78 Å². The molecule has 2 atom stereocenters. The molecule has 10 nitrogen and oxygen atoms in total. The first-order chi connectivity index (χ1) is 20.9. The van der Waals surface area contributed by atoms with Gasteiger partial charge in [-0.05, 0) is 25.7 Å². The van der Waals surface area contributed by atoms with Crippen molar-refractivity contribution in [1.82, 2.24) is 19.4 Å². The van der Waals surface area contributed by atoms with Crippen LogP contribution in [0.4, 0.5) is 39.3 Å². The number of aryl methyl sites for hydroxylation is 1. The number of aromatic nitrogens is 3. The highest BCUT2D eigenvalue weighted by Crippen LogP contribution is 2.38. The van der Waals surface area contributed by atoms with E-state index in [4.69, 9.17) is 4.74 Å². The number of hydrogen-bond acceptors (Lipinski definition) is 8. The van der Waals surface area contributed by atoms with E-state index in [0.29, 0.717) is 44.9 Å². The maximum Gasteiger partial charge on any atom is 0.417 e. The van der Waals surface area contributed by atoms with E-state index in [-0.39, 0.29) is 35.6 Å². The van der Waals surface area contributed by atoms with Gasteiger partial charge in [-0.1, -0.05) is 6.92 Å². The Hall–Kier alpha value is -4.11. The van der Waals surface area contributed by atoms with Crippen molar-refractivity contribution in [2.45, 2.75) is 25.3 Å². The molecule has 0 radical (unpaired) electrons. The maximum absolute atomic E-state index is 15.7. The highest BCUT2D eigenvalue weighted by molar-refractivity contribution is 6.07. The predicted molar refractivity (Wildman–Crippen MR) is 154 cm³/mol. The van der Waals surface area contributed by atoms with Gasteiger partial charge < -0.3 is 24.4 Å². The number of hydrogen-bond donors (Lipinski definition) is 1. The number of carbonyl (C=O) groups is 1.